The highest BCUT2D eigenvalue weighted by molar-refractivity contribution is 5.24. The minimum Gasteiger partial charge on any atom is -0.490 e. The van der Waals surface area contributed by atoms with Gasteiger partial charge in [-0.25, -0.2) is 8.78 Å². The Balaban J connectivity index is 1.94. The largest absolute Gasteiger partial charge is 0.490 e. The highest BCUT2D eigenvalue weighted by Crippen LogP contribution is 2.18. The van der Waals surface area contributed by atoms with Crippen molar-refractivity contribution in [3.63, 3.8) is 0 Å². The molecule has 0 bridgehead atoms. The van der Waals surface area contributed by atoms with Crippen LogP contribution in [0, 0.1) is 17.6 Å². The molecule has 1 aliphatic heterocycles. The van der Waals surface area contributed by atoms with Gasteiger partial charge in [0.1, 0.15) is 5.82 Å². The summed E-state index contributed by atoms with van der Waals surface area (Å²) in [5.74, 6) is -0.657. The highest BCUT2D eigenvalue weighted by atomic mass is 19.1. The van der Waals surface area contributed by atoms with Crippen LogP contribution in [0.2, 0.25) is 0 Å². The molecule has 1 heterocycles. The van der Waals surface area contributed by atoms with Crippen LogP contribution in [-0.4, -0.2) is 19.7 Å². The lowest BCUT2D eigenvalue weighted by molar-refractivity contribution is 0.193. The maximum absolute atomic E-state index is 13.0. The van der Waals surface area contributed by atoms with Crippen molar-refractivity contribution < 1.29 is 13.5 Å². The maximum Gasteiger partial charge on any atom is 0.167 e. The average Bonchev–Trinajstić information content (AvgIpc) is 2.05. The number of ether oxygens (including phenoxy) is 1. The van der Waals surface area contributed by atoms with Crippen LogP contribution in [0.15, 0.2) is 18.2 Å². The molecular weight excluding hydrogens is 188 g/mol. The number of hydrogen-bond donors (Lipinski definition) is 1. The van der Waals surface area contributed by atoms with Crippen molar-refractivity contribution in [2.24, 2.45) is 5.92 Å². The summed E-state index contributed by atoms with van der Waals surface area (Å²) < 4.78 is 30.8. The van der Waals surface area contributed by atoms with Crippen LogP contribution in [-0.2, 0) is 0 Å². The summed E-state index contributed by atoms with van der Waals surface area (Å²) >= 11 is 0. The van der Waals surface area contributed by atoms with E-state index in [0.717, 1.165) is 19.2 Å². The van der Waals surface area contributed by atoms with Crippen molar-refractivity contribution in [3.8, 4) is 5.75 Å². The zero-order chi connectivity index (χ0) is 9.97. The second kappa shape index (κ2) is 3.92. The van der Waals surface area contributed by atoms with E-state index in [4.69, 9.17) is 4.74 Å². The van der Waals surface area contributed by atoms with Crippen molar-refractivity contribution in [1.29, 1.82) is 0 Å². The highest BCUT2D eigenvalue weighted by Gasteiger charge is 2.17. The average molecular weight is 199 g/mol. The van der Waals surface area contributed by atoms with E-state index < -0.39 is 11.6 Å². The molecule has 1 aliphatic rings. The third-order valence-corrected chi connectivity index (χ3v) is 2.23. The predicted octanol–water partition coefficient (Wildman–Crippen LogP) is 1.56. The van der Waals surface area contributed by atoms with Gasteiger partial charge in [0, 0.05) is 25.1 Å². The van der Waals surface area contributed by atoms with Gasteiger partial charge in [-0.3, -0.25) is 0 Å². The molecule has 0 unspecified atom stereocenters. The smallest absolute Gasteiger partial charge is 0.167 e. The third-order valence-electron chi connectivity index (χ3n) is 2.23. The summed E-state index contributed by atoms with van der Waals surface area (Å²) in [7, 11) is 0. The van der Waals surface area contributed by atoms with E-state index in [-0.39, 0.29) is 5.75 Å². The molecule has 0 amide bonds. The summed E-state index contributed by atoms with van der Waals surface area (Å²) in [5, 5.41) is 3.09. The van der Waals surface area contributed by atoms with Gasteiger partial charge in [-0.1, -0.05) is 0 Å². The summed E-state index contributed by atoms with van der Waals surface area (Å²) in [4.78, 5) is 0. The fourth-order valence-electron chi connectivity index (χ4n) is 1.27. The molecule has 0 aliphatic carbocycles. The van der Waals surface area contributed by atoms with Gasteiger partial charge in [0.25, 0.3) is 0 Å². The van der Waals surface area contributed by atoms with Crippen molar-refractivity contribution in [3.05, 3.63) is 29.8 Å². The van der Waals surface area contributed by atoms with Crippen LogP contribution in [0.1, 0.15) is 0 Å². The molecule has 14 heavy (non-hydrogen) atoms. The summed E-state index contributed by atoms with van der Waals surface area (Å²) in [6.45, 7) is 2.29. The minimum absolute atomic E-state index is 0.123. The molecule has 2 rings (SSSR count). The van der Waals surface area contributed by atoms with Gasteiger partial charge in [0.15, 0.2) is 11.6 Å². The second-order valence-electron chi connectivity index (χ2n) is 3.41. The molecule has 76 valence electrons. The fraction of sp³-hybridized carbons (Fsp3) is 0.400. The van der Waals surface area contributed by atoms with E-state index in [0.29, 0.717) is 12.5 Å². The number of halogens is 2. The Morgan fingerprint density at radius 2 is 2.14 bits per heavy atom. The Bertz CT molecular complexity index is 326. The Kier molecular flexibility index (Phi) is 2.63. The van der Waals surface area contributed by atoms with Crippen molar-refractivity contribution >= 4 is 0 Å². The van der Waals surface area contributed by atoms with Crippen LogP contribution < -0.4 is 10.1 Å². The molecule has 1 aromatic rings. The quantitative estimate of drug-likeness (QED) is 0.797. The van der Waals surface area contributed by atoms with E-state index in [9.17, 15) is 8.78 Å². The van der Waals surface area contributed by atoms with Crippen LogP contribution >= 0.6 is 0 Å². The summed E-state index contributed by atoms with van der Waals surface area (Å²) in [6, 6.07) is 3.34. The summed E-state index contributed by atoms with van der Waals surface area (Å²) in [5.41, 5.74) is 0. The van der Waals surface area contributed by atoms with Crippen LogP contribution in [0.5, 0.6) is 5.75 Å². The van der Waals surface area contributed by atoms with Crippen molar-refractivity contribution in [2.45, 2.75) is 0 Å². The molecule has 1 fully saturated rings. The molecule has 0 spiro atoms. The number of nitrogens with one attached hydrogen (secondary N) is 1. The number of benzene rings is 1. The van der Waals surface area contributed by atoms with E-state index in [2.05, 4.69) is 5.32 Å². The first-order valence-corrected chi connectivity index (χ1v) is 4.54. The van der Waals surface area contributed by atoms with Gasteiger partial charge in [0.05, 0.1) is 6.61 Å². The van der Waals surface area contributed by atoms with Crippen LogP contribution in [0.25, 0.3) is 0 Å². The van der Waals surface area contributed by atoms with Gasteiger partial charge in [-0.2, -0.15) is 0 Å². The standard InChI is InChI=1S/C10H11F2NO/c11-8-1-2-10(9(12)3-8)14-6-7-4-13-5-7/h1-3,7,13H,4-6H2. The molecule has 0 radical (unpaired) electrons. The molecule has 2 nitrogen and oxygen atoms in total. The topological polar surface area (TPSA) is 21.3 Å². The molecular formula is C10H11F2NO. The number of hydrogen-bond acceptors (Lipinski definition) is 2. The number of rotatable bonds is 3. The zero-order valence-corrected chi connectivity index (χ0v) is 7.59. The molecule has 0 atom stereocenters. The third kappa shape index (κ3) is 2.01. The first kappa shape index (κ1) is 9.40. The lowest BCUT2D eigenvalue weighted by Gasteiger charge is -2.26. The SMILES string of the molecule is Fc1ccc(OCC2CNC2)c(F)c1. The van der Waals surface area contributed by atoms with Gasteiger partial charge < -0.3 is 10.1 Å². The minimum atomic E-state index is -0.641. The van der Waals surface area contributed by atoms with E-state index >= 15 is 0 Å². The zero-order valence-electron chi connectivity index (χ0n) is 7.59. The molecule has 0 aromatic heterocycles. The van der Waals surface area contributed by atoms with E-state index in [1.54, 1.807) is 0 Å². The monoisotopic (exact) mass is 199 g/mol. The molecule has 1 aromatic carbocycles. The van der Waals surface area contributed by atoms with Gasteiger partial charge in [0.2, 0.25) is 0 Å². The first-order valence-electron chi connectivity index (χ1n) is 4.54. The maximum atomic E-state index is 13.0. The molecule has 0 saturated carbocycles. The Hall–Kier alpha value is -1.16. The van der Waals surface area contributed by atoms with Gasteiger partial charge in [-0.15, -0.1) is 0 Å². The fourth-order valence-corrected chi connectivity index (χ4v) is 1.27. The normalized spacial score (nSPS) is 16.4. The first-order chi connectivity index (χ1) is 6.75. The molecule has 4 heteroatoms. The Labute approximate surface area is 80.9 Å². The lowest BCUT2D eigenvalue weighted by Crippen LogP contribution is -2.45. The van der Waals surface area contributed by atoms with Gasteiger partial charge in [-0.05, 0) is 12.1 Å². The predicted molar refractivity (Wildman–Crippen MR) is 48.2 cm³/mol. The Morgan fingerprint density at radius 1 is 1.36 bits per heavy atom. The summed E-state index contributed by atoms with van der Waals surface area (Å²) in [6.07, 6.45) is 0. The van der Waals surface area contributed by atoms with Crippen LogP contribution in [0.3, 0.4) is 0 Å². The van der Waals surface area contributed by atoms with E-state index in [1.165, 1.54) is 12.1 Å². The van der Waals surface area contributed by atoms with Crippen molar-refractivity contribution in [2.75, 3.05) is 19.7 Å². The molecule has 1 saturated heterocycles. The lowest BCUT2D eigenvalue weighted by atomic mass is 10.1. The van der Waals surface area contributed by atoms with E-state index in [1.807, 2.05) is 0 Å². The molecule has 1 N–H and O–H groups in total. The van der Waals surface area contributed by atoms with Gasteiger partial charge >= 0.3 is 0 Å². The second-order valence-corrected chi connectivity index (χ2v) is 3.41. The Morgan fingerprint density at radius 3 is 2.71 bits per heavy atom. The van der Waals surface area contributed by atoms with Crippen LogP contribution in [0.4, 0.5) is 8.78 Å². The van der Waals surface area contributed by atoms with Crippen molar-refractivity contribution in [1.82, 2.24) is 5.32 Å².